The fraction of sp³-hybridized carbons (Fsp3) is 0.200. The predicted octanol–water partition coefficient (Wildman–Crippen LogP) is 4.31. The highest BCUT2D eigenvalue weighted by atomic mass is 79.9. The molecule has 0 aliphatic heterocycles. The number of nitrogen functional groups attached to an aromatic ring is 1. The van der Waals surface area contributed by atoms with Crippen LogP contribution >= 0.6 is 15.9 Å². The second-order valence-corrected chi connectivity index (χ2v) is 5.21. The lowest BCUT2D eigenvalue weighted by atomic mass is 10.1. The van der Waals surface area contributed by atoms with Gasteiger partial charge in [0.1, 0.15) is 18.2 Å². The molecule has 0 aliphatic rings. The van der Waals surface area contributed by atoms with E-state index in [4.69, 9.17) is 10.5 Å². The van der Waals surface area contributed by atoms with E-state index in [-0.39, 0.29) is 12.4 Å². The van der Waals surface area contributed by atoms with Gasteiger partial charge in [-0.3, -0.25) is 0 Å². The first-order chi connectivity index (χ1) is 9.08. The molecule has 0 aromatic heterocycles. The van der Waals surface area contributed by atoms with E-state index in [2.05, 4.69) is 22.9 Å². The number of hydrogen-bond donors (Lipinski definition) is 1. The van der Waals surface area contributed by atoms with Crippen LogP contribution in [0.25, 0.3) is 0 Å². The molecule has 0 heterocycles. The number of anilines is 1. The van der Waals surface area contributed by atoms with E-state index in [1.54, 1.807) is 0 Å². The Balaban J connectivity index is 2.10. The molecule has 0 amide bonds. The van der Waals surface area contributed by atoms with Gasteiger partial charge < -0.3 is 10.5 Å². The summed E-state index contributed by atoms with van der Waals surface area (Å²) in [7, 11) is 0. The number of halogens is 2. The van der Waals surface area contributed by atoms with E-state index in [1.807, 2.05) is 24.3 Å². The molecule has 4 heteroatoms. The van der Waals surface area contributed by atoms with Crippen molar-refractivity contribution in [1.82, 2.24) is 0 Å². The average Bonchev–Trinajstić information content (AvgIpc) is 2.36. The molecule has 0 saturated carbocycles. The first kappa shape index (κ1) is 13.9. The van der Waals surface area contributed by atoms with Crippen LogP contribution < -0.4 is 10.5 Å². The van der Waals surface area contributed by atoms with E-state index in [9.17, 15) is 4.39 Å². The summed E-state index contributed by atoms with van der Waals surface area (Å²) in [6.45, 7) is 2.35. The van der Waals surface area contributed by atoms with E-state index in [0.29, 0.717) is 15.9 Å². The maximum Gasteiger partial charge on any atom is 0.142 e. The highest BCUT2D eigenvalue weighted by Gasteiger charge is 2.04. The van der Waals surface area contributed by atoms with Gasteiger partial charge in [0.05, 0.1) is 5.69 Å². The molecule has 0 unspecified atom stereocenters. The summed E-state index contributed by atoms with van der Waals surface area (Å²) in [6, 6.07) is 10.4. The smallest absolute Gasteiger partial charge is 0.142 e. The average molecular weight is 324 g/mol. The fourth-order valence-corrected chi connectivity index (χ4v) is 2.32. The summed E-state index contributed by atoms with van der Waals surface area (Å²) in [5, 5.41) is 0. The summed E-state index contributed by atoms with van der Waals surface area (Å²) >= 11 is 3.25. The number of hydrogen-bond acceptors (Lipinski definition) is 2. The minimum atomic E-state index is -0.290. The van der Waals surface area contributed by atoms with E-state index < -0.39 is 0 Å². The van der Waals surface area contributed by atoms with Gasteiger partial charge in [-0.15, -0.1) is 0 Å². The van der Waals surface area contributed by atoms with Crippen molar-refractivity contribution in [2.24, 2.45) is 0 Å². The lowest BCUT2D eigenvalue weighted by molar-refractivity contribution is 0.307. The van der Waals surface area contributed by atoms with Crippen molar-refractivity contribution in [2.45, 2.75) is 20.0 Å². The largest absolute Gasteiger partial charge is 0.487 e. The van der Waals surface area contributed by atoms with Crippen LogP contribution in [0.1, 0.15) is 18.1 Å². The zero-order valence-electron chi connectivity index (χ0n) is 10.6. The number of benzene rings is 2. The number of ether oxygens (including phenoxy) is 1. The van der Waals surface area contributed by atoms with Crippen molar-refractivity contribution in [3.05, 3.63) is 57.8 Å². The maximum absolute atomic E-state index is 13.2. The van der Waals surface area contributed by atoms with Crippen LogP contribution in [0.2, 0.25) is 0 Å². The molecule has 2 N–H and O–H groups in total. The minimum absolute atomic E-state index is 0.284. The molecule has 2 rings (SSSR count). The molecule has 0 atom stereocenters. The van der Waals surface area contributed by atoms with Crippen molar-refractivity contribution in [1.29, 1.82) is 0 Å². The molecule has 0 bridgehead atoms. The van der Waals surface area contributed by atoms with Crippen molar-refractivity contribution in [3.63, 3.8) is 0 Å². The minimum Gasteiger partial charge on any atom is -0.487 e. The third kappa shape index (κ3) is 3.70. The van der Waals surface area contributed by atoms with Crippen molar-refractivity contribution < 1.29 is 9.13 Å². The van der Waals surface area contributed by atoms with Crippen LogP contribution in [0, 0.1) is 5.82 Å². The Morgan fingerprint density at radius 1 is 1.16 bits per heavy atom. The summed E-state index contributed by atoms with van der Waals surface area (Å²) in [5.74, 6) is 0.333. The summed E-state index contributed by atoms with van der Waals surface area (Å²) in [5.41, 5.74) is 8.44. The molecule has 2 aromatic rings. The van der Waals surface area contributed by atoms with Crippen LogP contribution in [-0.4, -0.2) is 0 Å². The molecular formula is C15H15BrFNO. The molecular weight excluding hydrogens is 309 g/mol. The number of rotatable bonds is 4. The number of aryl methyl sites for hydroxylation is 1. The van der Waals surface area contributed by atoms with Gasteiger partial charge in [0.25, 0.3) is 0 Å². The normalized spacial score (nSPS) is 10.5. The standard InChI is InChI=1S/C15H15BrFNO/c1-2-10-3-4-15(14(18)7-10)19-9-11-5-12(16)8-13(17)6-11/h3-8H,2,9,18H2,1H3. The molecule has 0 spiro atoms. The Labute approximate surface area is 120 Å². The molecule has 2 aromatic carbocycles. The number of nitrogens with two attached hydrogens (primary N) is 1. The summed E-state index contributed by atoms with van der Waals surface area (Å²) in [6.07, 6.45) is 0.932. The van der Waals surface area contributed by atoms with Crippen LogP contribution in [0.15, 0.2) is 40.9 Å². The third-order valence-electron chi connectivity index (χ3n) is 2.80. The predicted molar refractivity (Wildman–Crippen MR) is 78.7 cm³/mol. The van der Waals surface area contributed by atoms with Gasteiger partial charge in [-0.1, -0.05) is 28.9 Å². The quantitative estimate of drug-likeness (QED) is 0.851. The van der Waals surface area contributed by atoms with Crippen LogP contribution in [0.4, 0.5) is 10.1 Å². The van der Waals surface area contributed by atoms with Crippen molar-refractivity contribution >= 4 is 21.6 Å². The van der Waals surface area contributed by atoms with Crippen molar-refractivity contribution in [3.8, 4) is 5.75 Å². The Morgan fingerprint density at radius 3 is 2.58 bits per heavy atom. The molecule has 2 nitrogen and oxygen atoms in total. The first-order valence-corrected chi connectivity index (χ1v) is 6.84. The highest BCUT2D eigenvalue weighted by molar-refractivity contribution is 9.10. The van der Waals surface area contributed by atoms with Gasteiger partial charge in [0.2, 0.25) is 0 Å². The summed E-state index contributed by atoms with van der Waals surface area (Å²) < 4.78 is 19.5. The summed E-state index contributed by atoms with van der Waals surface area (Å²) in [4.78, 5) is 0. The highest BCUT2D eigenvalue weighted by Crippen LogP contribution is 2.24. The maximum atomic E-state index is 13.2. The fourth-order valence-electron chi connectivity index (χ4n) is 1.80. The Bertz CT molecular complexity index is 566. The van der Waals surface area contributed by atoms with E-state index in [0.717, 1.165) is 12.0 Å². The van der Waals surface area contributed by atoms with Gasteiger partial charge in [-0.2, -0.15) is 0 Å². The van der Waals surface area contributed by atoms with Crippen LogP contribution in [0.3, 0.4) is 0 Å². The zero-order chi connectivity index (χ0) is 13.8. The Hall–Kier alpha value is -1.55. The second kappa shape index (κ2) is 6.06. The van der Waals surface area contributed by atoms with Gasteiger partial charge in [0.15, 0.2) is 0 Å². The van der Waals surface area contributed by atoms with Gasteiger partial charge >= 0.3 is 0 Å². The van der Waals surface area contributed by atoms with Crippen LogP contribution in [-0.2, 0) is 13.0 Å². The van der Waals surface area contributed by atoms with E-state index >= 15 is 0 Å². The van der Waals surface area contributed by atoms with Gasteiger partial charge in [-0.25, -0.2) is 4.39 Å². The van der Waals surface area contributed by atoms with Gasteiger partial charge in [-0.05, 0) is 47.9 Å². The first-order valence-electron chi connectivity index (χ1n) is 6.04. The molecule has 0 radical (unpaired) electrons. The molecule has 100 valence electrons. The molecule has 0 saturated heterocycles. The lowest BCUT2D eigenvalue weighted by Gasteiger charge is -2.10. The zero-order valence-corrected chi connectivity index (χ0v) is 12.2. The Morgan fingerprint density at radius 2 is 1.95 bits per heavy atom. The monoisotopic (exact) mass is 323 g/mol. The third-order valence-corrected chi connectivity index (χ3v) is 3.26. The molecule has 0 aliphatic carbocycles. The second-order valence-electron chi connectivity index (χ2n) is 4.29. The van der Waals surface area contributed by atoms with Crippen LogP contribution in [0.5, 0.6) is 5.75 Å². The molecule has 0 fully saturated rings. The van der Waals surface area contributed by atoms with E-state index in [1.165, 1.54) is 17.7 Å². The molecule has 19 heavy (non-hydrogen) atoms. The lowest BCUT2D eigenvalue weighted by Crippen LogP contribution is -2.00. The SMILES string of the molecule is CCc1ccc(OCc2cc(F)cc(Br)c2)c(N)c1. The van der Waals surface area contributed by atoms with Crippen molar-refractivity contribution in [2.75, 3.05) is 5.73 Å². The topological polar surface area (TPSA) is 35.2 Å². The van der Waals surface area contributed by atoms with Gasteiger partial charge in [0, 0.05) is 4.47 Å². The Kier molecular flexibility index (Phi) is 4.43.